The van der Waals surface area contributed by atoms with Crippen LogP contribution >= 0.6 is 37.0 Å². The van der Waals surface area contributed by atoms with Gasteiger partial charge in [0.25, 0.3) is 0 Å². The molecule has 4 atom stereocenters. The Kier molecular flexibility index (Phi) is 9.44. The number of rotatable bonds is 5. The predicted octanol–water partition coefficient (Wildman–Crippen LogP) is 7.69. The molecule has 0 aliphatic carbocycles. The average molecular weight is 466 g/mol. The molecule has 0 fully saturated rings. The molecule has 0 N–H and O–H groups in total. The monoisotopic (exact) mass is 466 g/mol. The van der Waals surface area contributed by atoms with E-state index >= 15 is 0 Å². The van der Waals surface area contributed by atoms with Crippen molar-refractivity contribution in [3.63, 3.8) is 0 Å². The van der Waals surface area contributed by atoms with Gasteiger partial charge in [0, 0.05) is 0 Å². The second-order valence-electron chi connectivity index (χ2n) is 7.23. The first-order chi connectivity index (χ1) is 14.7. The van der Waals surface area contributed by atoms with Gasteiger partial charge in [0.2, 0.25) is 0 Å². The zero-order valence-electron chi connectivity index (χ0n) is 17.2. The summed E-state index contributed by atoms with van der Waals surface area (Å²) in [6, 6.07) is 30.8. The molecule has 0 saturated carbocycles. The van der Waals surface area contributed by atoms with Gasteiger partial charge in [-0.2, -0.15) is 0 Å². The highest BCUT2D eigenvalue weighted by Gasteiger charge is 1.98. The smallest absolute Gasteiger partial charge is 0.0128 e. The van der Waals surface area contributed by atoms with Crippen molar-refractivity contribution in [2.75, 3.05) is 0 Å². The van der Waals surface area contributed by atoms with Gasteiger partial charge < -0.3 is 0 Å². The van der Waals surface area contributed by atoms with Crippen LogP contribution in [0.15, 0.2) is 84.9 Å². The van der Waals surface area contributed by atoms with Crippen molar-refractivity contribution >= 4 is 47.7 Å². The Morgan fingerprint density at radius 2 is 0.667 bits per heavy atom. The summed E-state index contributed by atoms with van der Waals surface area (Å²) in [4.78, 5) is 0. The van der Waals surface area contributed by atoms with Crippen molar-refractivity contribution in [2.24, 2.45) is 0 Å². The summed E-state index contributed by atoms with van der Waals surface area (Å²) in [5.41, 5.74) is 8.04. The van der Waals surface area contributed by atoms with Gasteiger partial charge in [0.1, 0.15) is 0 Å². The Hall–Kier alpha value is -1.14. The minimum absolute atomic E-state index is 1.02. The molecule has 0 saturated heterocycles. The molecular weight excluding hydrogens is 436 g/mol. The molecule has 0 radical (unpaired) electrons. The maximum Gasteiger partial charge on any atom is -0.0128 e. The van der Waals surface area contributed by atoms with Crippen LogP contribution in [-0.4, -0.2) is 0 Å². The molecular formula is C26H30P4. The van der Waals surface area contributed by atoms with Gasteiger partial charge in [0.05, 0.1) is 0 Å². The normalized spacial score (nSPS) is 10.5. The molecule has 4 aromatic rings. The molecule has 0 spiro atoms. The highest BCUT2D eigenvalue weighted by atomic mass is 31.0. The Morgan fingerprint density at radius 3 is 0.967 bits per heavy atom. The molecule has 4 rings (SSSR count). The SMILES string of the molecule is PCc1ccc(-c2ccc(CP)cc2)cc1.PCc1ccc2cc(CP)ccc2c1. The molecule has 154 valence electrons. The van der Waals surface area contributed by atoms with Crippen LogP contribution in [-0.2, 0) is 24.6 Å². The summed E-state index contributed by atoms with van der Waals surface area (Å²) in [7, 11) is 11.0. The quantitative estimate of drug-likeness (QED) is 0.265. The Labute approximate surface area is 190 Å². The molecule has 0 aromatic heterocycles. The first kappa shape index (κ1) is 23.5. The van der Waals surface area contributed by atoms with E-state index in [9.17, 15) is 0 Å². The summed E-state index contributed by atoms with van der Waals surface area (Å²) < 4.78 is 0. The largest absolute Gasteiger partial charge is 0.133 e. The molecule has 4 unspecified atom stereocenters. The Morgan fingerprint density at radius 1 is 0.367 bits per heavy atom. The van der Waals surface area contributed by atoms with Gasteiger partial charge in [0.15, 0.2) is 0 Å². The number of hydrogen-bond donors (Lipinski definition) is 0. The third-order valence-electron chi connectivity index (χ3n) is 5.15. The van der Waals surface area contributed by atoms with E-state index < -0.39 is 0 Å². The van der Waals surface area contributed by atoms with Gasteiger partial charge in [-0.1, -0.05) is 84.9 Å². The average Bonchev–Trinajstić information content (AvgIpc) is 2.83. The van der Waals surface area contributed by atoms with Crippen molar-refractivity contribution in [1.82, 2.24) is 0 Å². The van der Waals surface area contributed by atoms with Crippen LogP contribution in [0.3, 0.4) is 0 Å². The third kappa shape index (κ3) is 6.43. The van der Waals surface area contributed by atoms with Crippen LogP contribution in [0.2, 0.25) is 0 Å². The second kappa shape index (κ2) is 12.0. The minimum Gasteiger partial charge on any atom is -0.133 e. The van der Waals surface area contributed by atoms with Gasteiger partial charge in [-0.15, -0.1) is 37.0 Å². The van der Waals surface area contributed by atoms with E-state index in [4.69, 9.17) is 0 Å². The number of benzene rings is 4. The summed E-state index contributed by atoms with van der Waals surface area (Å²) in [5.74, 6) is 0. The molecule has 30 heavy (non-hydrogen) atoms. The van der Waals surface area contributed by atoms with E-state index in [-0.39, 0.29) is 0 Å². The topological polar surface area (TPSA) is 0 Å². The lowest BCUT2D eigenvalue weighted by Crippen LogP contribution is -1.81. The Bertz CT molecular complexity index is 982. The van der Waals surface area contributed by atoms with E-state index in [1.54, 1.807) is 0 Å². The van der Waals surface area contributed by atoms with Crippen LogP contribution < -0.4 is 0 Å². The highest BCUT2D eigenvalue weighted by molar-refractivity contribution is 7.16. The van der Waals surface area contributed by atoms with E-state index in [2.05, 4.69) is 122 Å². The van der Waals surface area contributed by atoms with Gasteiger partial charge >= 0.3 is 0 Å². The van der Waals surface area contributed by atoms with Gasteiger partial charge in [-0.05, 0) is 68.8 Å². The molecule has 0 bridgehead atoms. The van der Waals surface area contributed by atoms with Crippen LogP contribution in [0.4, 0.5) is 0 Å². The van der Waals surface area contributed by atoms with Gasteiger partial charge in [-0.3, -0.25) is 0 Å². The zero-order chi connectivity index (χ0) is 21.3. The van der Waals surface area contributed by atoms with Crippen molar-refractivity contribution in [2.45, 2.75) is 24.6 Å². The number of fused-ring (bicyclic) bond motifs is 1. The molecule has 4 heteroatoms. The van der Waals surface area contributed by atoms with Crippen molar-refractivity contribution < 1.29 is 0 Å². The maximum atomic E-state index is 2.76. The van der Waals surface area contributed by atoms with E-state index in [0.717, 1.165) is 24.6 Å². The second-order valence-corrected chi connectivity index (χ2v) is 8.86. The third-order valence-corrected chi connectivity index (χ3v) is 7.04. The number of hydrogen-bond acceptors (Lipinski definition) is 0. The Balaban J connectivity index is 0.000000172. The van der Waals surface area contributed by atoms with E-state index in [1.165, 1.54) is 44.2 Å². The minimum atomic E-state index is 1.02. The van der Waals surface area contributed by atoms with Crippen LogP contribution in [0, 0.1) is 0 Å². The fourth-order valence-electron chi connectivity index (χ4n) is 3.27. The van der Waals surface area contributed by atoms with Crippen LogP contribution in [0.5, 0.6) is 0 Å². The summed E-state index contributed by atoms with van der Waals surface area (Å²) >= 11 is 0. The van der Waals surface area contributed by atoms with E-state index in [0.29, 0.717) is 0 Å². The lowest BCUT2D eigenvalue weighted by atomic mass is 10.0. The molecule has 0 aliphatic rings. The molecule has 0 heterocycles. The summed E-state index contributed by atoms with van der Waals surface area (Å²) in [6.07, 6.45) is 4.10. The fraction of sp³-hybridized carbons (Fsp3) is 0.154. The first-order valence-electron chi connectivity index (χ1n) is 10.2. The van der Waals surface area contributed by atoms with Gasteiger partial charge in [-0.25, -0.2) is 0 Å². The van der Waals surface area contributed by atoms with Crippen LogP contribution in [0.1, 0.15) is 22.3 Å². The summed E-state index contributed by atoms with van der Waals surface area (Å²) in [5, 5.41) is 2.68. The first-order valence-corrected chi connectivity index (χ1v) is 13.4. The standard InChI is InChI=1S/C14H16P2.C12H14P2/c15-9-11-1-5-13(6-2-11)14-7-3-12(10-16)4-8-14;13-7-9-1-3-11-6-10(8-14)2-4-12(11)5-9/h1-8H,9-10,15-16H2;1-6H,7-8,13-14H2. The van der Waals surface area contributed by atoms with Crippen LogP contribution in [0.25, 0.3) is 21.9 Å². The maximum absolute atomic E-state index is 2.76. The molecule has 4 aromatic carbocycles. The summed E-state index contributed by atoms with van der Waals surface area (Å²) in [6.45, 7) is 0. The molecule has 0 nitrogen and oxygen atoms in total. The lowest BCUT2D eigenvalue weighted by molar-refractivity contribution is 1.40. The lowest BCUT2D eigenvalue weighted by Gasteiger charge is -2.04. The fourth-order valence-corrected chi connectivity index (χ4v) is 4.32. The highest BCUT2D eigenvalue weighted by Crippen LogP contribution is 2.22. The predicted molar refractivity (Wildman–Crippen MR) is 149 cm³/mol. The van der Waals surface area contributed by atoms with Crippen molar-refractivity contribution in [3.05, 3.63) is 107 Å². The molecule has 0 aliphatic heterocycles. The zero-order valence-corrected chi connectivity index (χ0v) is 21.8. The molecule has 0 amide bonds. The van der Waals surface area contributed by atoms with Crippen molar-refractivity contribution in [3.8, 4) is 11.1 Å². The van der Waals surface area contributed by atoms with E-state index in [1.807, 2.05) is 0 Å². The van der Waals surface area contributed by atoms with Crippen molar-refractivity contribution in [1.29, 1.82) is 0 Å².